The molecule has 0 aromatic carbocycles. The molecule has 0 radical (unpaired) electrons. The van der Waals surface area contributed by atoms with Crippen LogP contribution in [0, 0.1) is 11.3 Å². The lowest BCUT2D eigenvalue weighted by Crippen LogP contribution is -2.43. The van der Waals surface area contributed by atoms with Gasteiger partial charge in [-0.05, 0) is 6.42 Å². The molecule has 1 amide bonds. The van der Waals surface area contributed by atoms with Crippen LogP contribution in [0.4, 0.5) is 0 Å². The molecule has 2 unspecified atom stereocenters. The molecule has 1 rings (SSSR count). The van der Waals surface area contributed by atoms with E-state index in [1.807, 2.05) is 6.21 Å². The van der Waals surface area contributed by atoms with Crippen LogP contribution in [-0.2, 0) is 9.53 Å². The van der Waals surface area contributed by atoms with Gasteiger partial charge >= 0.3 is 0 Å². The SMILES string of the molecule is CN=CC1CCOCC1N/C=C(\C(=N)N)C(N)=O. The summed E-state index contributed by atoms with van der Waals surface area (Å²) in [5.41, 5.74) is 10.3. The van der Waals surface area contributed by atoms with Gasteiger partial charge in [-0.3, -0.25) is 10.2 Å². The van der Waals surface area contributed by atoms with Crippen molar-refractivity contribution >= 4 is 18.0 Å². The van der Waals surface area contributed by atoms with Gasteiger partial charge in [0.2, 0.25) is 0 Å². The zero-order valence-electron chi connectivity index (χ0n) is 10.3. The summed E-state index contributed by atoms with van der Waals surface area (Å²) in [7, 11) is 1.72. The Morgan fingerprint density at radius 2 is 2.28 bits per heavy atom. The molecule has 0 spiro atoms. The molecule has 7 heteroatoms. The molecule has 18 heavy (non-hydrogen) atoms. The Kier molecular flexibility index (Phi) is 5.31. The van der Waals surface area contributed by atoms with E-state index in [0.29, 0.717) is 13.2 Å². The van der Waals surface area contributed by atoms with Crippen molar-refractivity contribution in [1.29, 1.82) is 5.41 Å². The van der Waals surface area contributed by atoms with Crippen LogP contribution in [0.15, 0.2) is 16.8 Å². The molecule has 1 aliphatic rings. The molecule has 1 fully saturated rings. The van der Waals surface area contributed by atoms with Crippen LogP contribution < -0.4 is 16.8 Å². The molecule has 6 N–H and O–H groups in total. The fourth-order valence-corrected chi connectivity index (χ4v) is 1.77. The molecule has 0 aromatic rings. The van der Waals surface area contributed by atoms with Gasteiger partial charge in [-0.25, -0.2) is 0 Å². The number of ether oxygens (including phenoxy) is 1. The van der Waals surface area contributed by atoms with Gasteiger partial charge in [0.25, 0.3) is 5.91 Å². The summed E-state index contributed by atoms with van der Waals surface area (Å²) in [5.74, 6) is -0.860. The molecule has 0 bridgehead atoms. The number of nitrogens with one attached hydrogen (secondary N) is 2. The van der Waals surface area contributed by atoms with Crippen LogP contribution in [-0.4, -0.2) is 44.3 Å². The van der Waals surface area contributed by atoms with Crippen molar-refractivity contribution in [2.45, 2.75) is 12.5 Å². The molecule has 0 saturated carbocycles. The number of hydrogen-bond donors (Lipinski definition) is 4. The third kappa shape index (κ3) is 3.85. The van der Waals surface area contributed by atoms with Gasteiger partial charge in [-0.2, -0.15) is 0 Å². The molecule has 1 saturated heterocycles. The Bertz CT molecular complexity index is 362. The van der Waals surface area contributed by atoms with Gasteiger partial charge < -0.3 is 26.5 Å². The maximum Gasteiger partial charge on any atom is 0.253 e. The van der Waals surface area contributed by atoms with Gasteiger partial charge in [-0.15, -0.1) is 0 Å². The largest absolute Gasteiger partial charge is 0.384 e. The summed E-state index contributed by atoms with van der Waals surface area (Å²) in [6.45, 7) is 1.20. The highest BCUT2D eigenvalue weighted by atomic mass is 16.5. The number of aliphatic imine (C=N–C) groups is 1. The summed E-state index contributed by atoms with van der Waals surface area (Å²) in [4.78, 5) is 15.1. The number of nitrogens with zero attached hydrogens (tertiary/aromatic N) is 1. The first-order valence-electron chi connectivity index (χ1n) is 5.66. The van der Waals surface area contributed by atoms with E-state index in [0.717, 1.165) is 6.42 Å². The highest BCUT2D eigenvalue weighted by Gasteiger charge is 2.23. The van der Waals surface area contributed by atoms with Crippen molar-refractivity contribution < 1.29 is 9.53 Å². The number of amides is 1. The monoisotopic (exact) mass is 253 g/mol. The summed E-state index contributed by atoms with van der Waals surface area (Å²) in [6.07, 6.45) is 4.08. The molecule has 1 aliphatic heterocycles. The first kappa shape index (κ1) is 14.2. The highest BCUT2D eigenvalue weighted by molar-refractivity contribution is 6.18. The Hall–Kier alpha value is -1.89. The zero-order valence-corrected chi connectivity index (χ0v) is 10.3. The van der Waals surface area contributed by atoms with E-state index in [2.05, 4.69) is 10.3 Å². The average Bonchev–Trinajstić information content (AvgIpc) is 2.31. The standard InChI is InChI=1S/C11H19N5O2/c1-15-4-7-2-3-18-6-9(7)16-5-8(10(12)13)11(14)17/h4-5,7,9,16H,2-3,6H2,1H3,(H3,12,13)(H2,14,17)/b8-5+,15-4?. The van der Waals surface area contributed by atoms with Crippen molar-refractivity contribution in [3.05, 3.63) is 11.8 Å². The average molecular weight is 253 g/mol. The minimum atomic E-state index is -0.729. The lowest BCUT2D eigenvalue weighted by molar-refractivity contribution is -0.114. The van der Waals surface area contributed by atoms with Crippen LogP contribution >= 0.6 is 0 Å². The molecule has 1 heterocycles. The predicted octanol–water partition coefficient (Wildman–Crippen LogP) is -1.01. The maximum atomic E-state index is 11.1. The third-order valence-electron chi connectivity index (χ3n) is 2.75. The molecule has 0 aliphatic carbocycles. The number of amidine groups is 1. The van der Waals surface area contributed by atoms with Crippen molar-refractivity contribution in [3.8, 4) is 0 Å². The summed E-state index contributed by atoms with van der Waals surface area (Å²) in [5, 5.41) is 10.3. The highest BCUT2D eigenvalue weighted by Crippen LogP contribution is 2.13. The van der Waals surface area contributed by atoms with Crippen LogP contribution in [0.25, 0.3) is 0 Å². The van der Waals surface area contributed by atoms with Gasteiger partial charge in [0, 0.05) is 32.0 Å². The van der Waals surface area contributed by atoms with Gasteiger partial charge in [0.15, 0.2) is 0 Å². The Morgan fingerprint density at radius 3 is 2.83 bits per heavy atom. The van der Waals surface area contributed by atoms with Crippen molar-refractivity contribution in [2.75, 3.05) is 20.3 Å². The van der Waals surface area contributed by atoms with Crippen LogP contribution in [0.1, 0.15) is 6.42 Å². The molecule has 0 aromatic heterocycles. The van der Waals surface area contributed by atoms with E-state index >= 15 is 0 Å². The van der Waals surface area contributed by atoms with Crippen molar-refractivity contribution in [3.63, 3.8) is 0 Å². The van der Waals surface area contributed by atoms with Crippen LogP contribution in [0.2, 0.25) is 0 Å². The van der Waals surface area contributed by atoms with E-state index in [9.17, 15) is 4.79 Å². The molecule has 7 nitrogen and oxygen atoms in total. The number of rotatable bonds is 5. The van der Waals surface area contributed by atoms with Crippen LogP contribution in [0.3, 0.4) is 0 Å². The lowest BCUT2D eigenvalue weighted by atomic mass is 9.96. The number of primary amides is 1. The Morgan fingerprint density at radius 1 is 1.56 bits per heavy atom. The van der Waals surface area contributed by atoms with Crippen LogP contribution in [0.5, 0.6) is 0 Å². The normalized spacial score (nSPS) is 25.1. The topological polar surface area (TPSA) is 127 Å². The van der Waals surface area contributed by atoms with E-state index in [-0.39, 0.29) is 23.4 Å². The quantitative estimate of drug-likeness (QED) is 0.284. The van der Waals surface area contributed by atoms with E-state index in [1.165, 1.54) is 6.20 Å². The Balaban J connectivity index is 2.71. The maximum absolute atomic E-state index is 11.1. The first-order chi connectivity index (χ1) is 8.56. The summed E-state index contributed by atoms with van der Waals surface area (Å²) < 4.78 is 5.36. The van der Waals surface area contributed by atoms with Gasteiger partial charge in [-0.1, -0.05) is 0 Å². The van der Waals surface area contributed by atoms with Crippen molar-refractivity contribution in [2.24, 2.45) is 22.4 Å². The molecule has 2 atom stereocenters. The second-order valence-corrected chi connectivity index (χ2v) is 4.04. The zero-order chi connectivity index (χ0) is 13.5. The molecule has 100 valence electrons. The first-order valence-corrected chi connectivity index (χ1v) is 5.66. The summed E-state index contributed by atoms with van der Waals surface area (Å²) >= 11 is 0. The minimum Gasteiger partial charge on any atom is -0.384 e. The minimum absolute atomic E-state index is 0.00356. The molecular weight excluding hydrogens is 234 g/mol. The van der Waals surface area contributed by atoms with E-state index < -0.39 is 5.91 Å². The third-order valence-corrected chi connectivity index (χ3v) is 2.75. The van der Waals surface area contributed by atoms with Crippen molar-refractivity contribution in [1.82, 2.24) is 5.32 Å². The number of carbonyl (C=O) groups is 1. The van der Waals surface area contributed by atoms with E-state index in [1.54, 1.807) is 7.05 Å². The van der Waals surface area contributed by atoms with Gasteiger partial charge in [0.05, 0.1) is 18.2 Å². The van der Waals surface area contributed by atoms with Gasteiger partial charge in [0.1, 0.15) is 5.84 Å². The smallest absolute Gasteiger partial charge is 0.253 e. The Labute approximate surface area is 106 Å². The fourth-order valence-electron chi connectivity index (χ4n) is 1.77. The second-order valence-electron chi connectivity index (χ2n) is 4.04. The predicted molar refractivity (Wildman–Crippen MR) is 69.5 cm³/mol. The number of carbonyl (C=O) groups excluding carboxylic acids is 1. The summed E-state index contributed by atoms with van der Waals surface area (Å²) in [6, 6.07) is -0.00356. The fraction of sp³-hybridized carbons (Fsp3) is 0.545. The number of hydrogen-bond acceptors (Lipinski definition) is 5. The second kappa shape index (κ2) is 6.75. The lowest BCUT2D eigenvalue weighted by Gasteiger charge is -2.29. The molecular formula is C11H19N5O2. The number of nitrogens with two attached hydrogens (primary N) is 2. The van der Waals surface area contributed by atoms with E-state index in [4.69, 9.17) is 21.6 Å².